The summed E-state index contributed by atoms with van der Waals surface area (Å²) in [6.07, 6.45) is -15.4. The smallest absolute Gasteiger partial charge is 0.343 e. The minimum absolute atomic E-state index is 0.561. The molecule has 56 heavy (non-hydrogen) atoms. The van der Waals surface area contributed by atoms with Gasteiger partial charge in [0, 0.05) is 0 Å². The lowest BCUT2D eigenvalue weighted by molar-refractivity contribution is -0.172. The van der Waals surface area contributed by atoms with Gasteiger partial charge in [-0.25, -0.2) is 19.2 Å². The van der Waals surface area contributed by atoms with Crippen LogP contribution in [0.2, 0.25) is 0 Å². The molecule has 314 valence electrons. The first-order valence-corrected chi connectivity index (χ1v) is 14.7. The Hall–Kier alpha value is -6.78. The molecule has 28 nitrogen and oxygen atoms in total. The van der Waals surface area contributed by atoms with E-state index in [1.54, 1.807) is 0 Å². The van der Waals surface area contributed by atoms with Crippen LogP contribution in [0.4, 0.5) is 0 Å². The van der Waals surface area contributed by atoms with Crippen molar-refractivity contribution in [2.45, 2.75) is 88.6 Å². The Balaban J connectivity index is -0.000000810. The first-order valence-electron chi connectivity index (χ1n) is 14.7. The number of carbonyl (C=O) groups is 14. The molecule has 0 radical (unpaired) electrons. The van der Waals surface area contributed by atoms with E-state index in [0.29, 0.717) is 0 Å². The number of hydrogen-bond acceptors (Lipinski definition) is 22. The summed E-state index contributed by atoms with van der Waals surface area (Å²) in [4.78, 5) is 149. The Morgan fingerprint density at radius 1 is 0.321 bits per heavy atom. The Kier molecular flexibility index (Phi) is 27.4. The summed E-state index contributed by atoms with van der Waals surface area (Å²) in [6.45, 7) is 0. The van der Waals surface area contributed by atoms with Crippen LogP contribution in [0.1, 0.15) is 64.2 Å². The average molecular weight is 819 g/mol. The molecule has 0 rings (SSSR count). The monoisotopic (exact) mass is 818 g/mol. The summed E-state index contributed by atoms with van der Waals surface area (Å²) in [5, 5.41) is 84.4. The predicted molar refractivity (Wildman–Crippen MR) is 160 cm³/mol. The number of carboxylic acid groups (broad SMARTS) is 6. The summed E-state index contributed by atoms with van der Waals surface area (Å²) >= 11 is 0. The molecule has 0 spiro atoms. The highest BCUT2D eigenvalue weighted by atomic mass is 16.6. The first kappa shape index (κ1) is 53.6. The first-order chi connectivity index (χ1) is 25.7. The van der Waals surface area contributed by atoms with Gasteiger partial charge in [0.1, 0.15) is 0 Å². The highest BCUT2D eigenvalue weighted by Crippen LogP contribution is 2.04. The number of aliphatic carboxylic acids is 6. The van der Waals surface area contributed by atoms with Gasteiger partial charge in [-0.2, -0.15) is 0 Å². The van der Waals surface area contributed by atoms with Crippen LogP contribution in [0.5, 0.6) is 0 Å². The molecular formula is C28H34O28. The van der Waals surface area contributed by atoms with Crippen molar-refractivity contribution in [3.05, 3.63) is 0 Å². The number of esters is 8. The summed E-state index contributed by atoms with van der Waals surface area (Å²) in [6, 6.07) is 0. The predicted octanol–water partition coefficient (Wildman–Crippen LogP) is -4.91. The second kappa shape index (κ2) is 28.7. The molecule has 4 atom stereocenters. The fourth-order valence-corrected chi connectivity index (χ4v) is 2.49. The standard InChI is InChI=1S/2C12H14O11.C4H6O6/c2*13-6(12(21)23-10(19)4-2-8(16)17)5-11(20)22-9(18)3-1-7(14)15;5-1(3(7)8)2(6)4(9)10/h2*6,13H,1-5H2,(H,14,15)(H,16,17);1-2,5-6H,(H,7,8)(H,9,10). The normalized spacial score (nSPS) is 12.0. The minimum Gasteiger partial charge on any atom is -0.481 e. The third-order valence-corrected chi connectivity index (χ3v) is 5.13. The van der Waals surface area contributed by atoms with Gasteiger partial charge in [-0.1, -0.05) is 0 Å². The van der Waals surface area contributed by atoms with E-state index in [0.717, 1.165) is 0 Å². The summed E-state index contributed by atoms with van der Waals surface area (Å²) in [7, 11) is 0. The molecule has 0 heterocycles. The molecule has 0 aromatic rings. The SMILES string of the molecule is O=C(O)C(O)C(O)C(=O)O.O=C(O)CCC(=O)OC(=O)CC(O)C(=O)OC(=O)CCC(=O)O.O=C(O)CCC(=O)OC(=O)CC(O)C(=O)OC(=O)CCC(=O)O. The third kappa shape index (κ3) is 30.8. The van der Waals surface area contributed by atoms with Crippen molar-refractivity contribution < 1.29 is 137 Å². The molecule has 0 amide bonds. The van der Waals surface area contributed by atoms with Crippen molar-refractivity contribution in [3.63, 3.8) is 0 Å². The van der Waals surface area contributed by atoms with Crippen LogP contribution in [0, 0.1) is 0 Å². The van der Waals surface area contributed by atoms with E-state index in [9.17, 15) is 77.3 Å². The third-order valence-electron chi connectivity index (χ3n) is 5.13. The van der Waals surface area contributed by atoms with E-state index in [2.05, 4.69) is 18.9 Å². The lowest BCUT2D eigenvalue weighted by Gasteiger charge is -2.08. The van der Waals surface area contributed by atoms with Crippen LogP contribution in [0.25, 0.3) is 0 Å². The van der Waals surface area contributed by atoms with Crippen molar-refractivity contribution in [1.82, 2.24) is 0 Å². The van der Waals surface area contributed by atoms with Crippen molar-refractivity contribution >= 4 is 83.6 Å². The molecule has 0 aliphatic rings. The van der Waals surface area contributed by atoms with E-state index < -0.39 is 172 Å². The van der Waals surface area contributed by atoms with Gasteiger partial charge in [0.15, 0.2) is 24.4 Å². The summed E-state index contributed by atoms with van der Waals surface area (Å²) in [5.41, 5.74) is 0. The van der Waals surface area contributed by atoms with Crippen LogP contribution in [-0.2, 0) is 86.1 Å². The number of carbonyl (C=O) groups excluding carboxylic acids is 8. The maximum absolute atomic E-state index is 11.2. The van der Waals surface area contributed by atoms with E-state index in [1.165, 1.54) is 0 Å². The summed E-state index contributed by atoms with van der Waals surface area (Å²) < 4.78 is 16.4. The van der Waals surface area contributed by atoms with Crippen LogP contribution < -0.4 is 0 Å². The maximum Gasteiger partial charge on any atom is 0.343 e. The van der Waals surface area contributed by atoms with Gasteiger partial charge >= 0.3 is 83.6 Å². The molecule has 0 saturated heterocycles. The van der Waals surface area contributed by atoms with E-state index in [-0.39, 0.29) is 0 Å². The molecule has 0 aromatic carbocycles. The molecule has 0 aliphatic carbocycles. The lowest BCUT2D eigenvalue weighted by Crippen LogP contribution is -2.39. The Morgan fingerprint density at radius 2 is 0.536 bits per heavy atom. The molecule has 28 heteroatoms. The highest BCUT2D eigenvalue weighted by molar-refractivity contribution is 5.94. The maximum atomic E-state index is 11.2. The number of rotatable bonds is 21. The fourth-order valence-electron chi connectivity index (χ4n) is 2.49. The zero-order valence-corrected chi connectivity index (χ0v) is 28.2. The van der Waals surface area contributed by atoms with Crippen molar-refractivity contribution in [2.24, 2.45) is 0 Å². The molecule has 0 fully saturated rings. The number of carboxylic acids is 6. The Bertz CT molecular complexity index is 1380. The quantitative estimate of drug-likeness (QED) is 0.0295. The average Bonchev–Trinajstić information content (AvgIpc) is 3.07. The van der Waals surface area contributed by atoms with Gasteiger partial charge in [0.05, 0.1) is 64.2 Å². The molecular weight excluding hydrogens is 784 g/mol. The second-order valence-electron chi connectivity index (χ2n) is 9.86. The number of hydrogen-bond donors (Lipinski definition) is 10. The number of aliphatic hydroxyl groups is 4. The lowest BCUT2D eigenvalue weighted by atomic mass is 10.2. The summed E-state index contributed by atoms with van der Waals surface area (Å²) in [5.74, 6) is -19.1. The fraction of sp³-hybridized carbons (Fsp3) is 0.500. The Morgan fingerprint density at radius 3 is 0.732 bits per heavy atom. The van der Waals surface area contributed by atoms with Crippen molar-refractivity contribution in [3.8, 4) is 0 Å². The number of ether oxygens (including phenoxy) is 4. The van der Waals surface area contributed by atoms with E-state index in [4.69, 9.17) is 40.9 Å². The van der Waals surface area contributed by atoms with Gasteiger partial charge in [-0.3, -0.25) is 47.9 Å². The van der Waals surface area contributed by atoms with Crippen LogP contribution >= 0.6 is 0 Å². The van der Waals surface area contributed by atoms with E-state index in [1.807, 2.05) is 0 Å². The van der Waals surface area contributed by atoms with Crippen LogP contribution in [0.3, 0.4) is 0 Å². The Labute approximate surface area is 309 Å². The molecule has 4 unspecified atom stereocenters. The molecule has 0 bridgehead atoms. The molecule has 10 N–H and O–H groups in total. The molecule has 0 saturated carbocycles. The minimum atomic E-state index is -2.27. The van der Waals surface area contributed by atoms with Crippen molar-refractivity contribution in [2.75, 3.05) is 0 Å². The van der Waals surface area contributed by atoms with Gasteiger partial charge in [0.25, 0.3) is 0 Å². The van der Waals surface area contributed by atoms with Crippen molar-refractivity contribution in [1.29, 1.82) is 0 Å². The highest BCUT2D eigenvalue weighted by Gasteiger charge is 2.30. The second-order valence-corrected chi connectivity index (χ2v) is 9.86. The van der Waals surface area contributed by atoms with E-state index >= 15 is 0 Å². The number of aliphatic hydroxyl groups excluding tert-OH is 4. The van der Waals surface area contributed by atoms with Crippen LogP contribution in [0.15, 0.2) is 0 Å². The molecule has 0 aliphatic heterocycles. The largest absolute Gasteiger partial charge is 0.481 e. The molecule has 0 aromatic heterocycles. The van der Waals surface area contributed by atoms with Gasteiger partial charge in [-0.05, 0) is 0 Å². The van der Waals surface area contributed by atoms with Gasteiger partial charge < -0.3 is 70.0 Å². The zero-order valence-electron chi connectivity index (χ0n) is 28.2. The topological polar surface area (TPSA) is 478 Å². The van der Waals surface area contributed by atoms with Crippen LogP contribution in [-0.4, -0.2) is 159 Å². The van der Waals surface area contributed by atoms with Gasteiger partial charge in [0.2, 0.25) is 0 Å². The van der Waals surface area contributed by atoms with Gasteiger partial charge in [-0.15, -0.1) is 0 Å². The zero-order chi connectivity index (χ0) is 44.3.